The molecule has 3 aliphatic heterocycles. The average molecular weight is 592 g/mol. The van der Waals surface area contributed by atoms with Crippen molar-refractivity contribution in [1.29, 1.82) is 0 Å². The third-order valence-electron chi connectivity index (χ3n) is 10.0. The lowest BCUT2D eigenvalue weighted by Crippen LogP contribution is -2.55. The Morgan fingerprint density at radius 1 is 1.07 bits per heavy atom. The molecule has 5 aliphatic rings. The van der Waals surface area contributed by atoms with Crippen LogP contribution in [0.25, 0.3) is 0 Å². The molecule has 0 saturated carbocycles. The second kappa shape index (κ2) is 10.6. The molecule has 0 spiro atoms. The monoisotopic (exact) mass is 591 g/mol. The van der Waals surface area contributed by atoms with Gasteiger partial charge in [-0.05, 0) is 56.0 Å². The van der Waals surface area contributed by atoms with Crippen molar-refractivity contribution in [3.63, 3.8) is 0 Å². The number of methoxy groups -OCH3 is 2. The molecule has 0 amide bonds. The van der Waals surface area contributed by atoms with E-state index in [1.165, 1.54) is 7.11 Å². The summed E-state index contributed by atoms with van der Waals surface area (Å²) in [5, 5.41) is 0. The third kappa shape index (κ3) is 4.50. The highest BCUT2D eigenvalue weighted by Gasteiger charge is 2.54. The smallest absolute Gasteiger partial charge is 0.198 e. The summed E-state index contributed by atoms with van der Waals surface area (Å²) < 4.78 is 36.2. The Morgan fingerprint density at radius 2 is 1.86 bits per heavy atom. The maximum Gasteiger partial charge on any atom is 0.198 e. The molecular weight excluding hydrogens is 554 g/mol. The summed E-state index contributed by atoms with van der Waals surface area (Å²) in [5.74, 6) is -0.0785. The first kappa shape index (κ1) is 28.8. The van der Waals surface area contributed by atoms with Crippen LogP contribution in [0.15, 0.2) is 30.3 Å². The van der Waals surface area contributed by atoms with Crippen LogP contribution in [0.2, 0.25) is 0 Å². The van der Waals surface area contributed by atoms with E-state index in [0.717, 1.165) is 11.1 Å². The Hall–Kier alpha value is -2.99. The minimum absolute atomic E-state index is 0.0471. The highest BCUT2D eigenvalue weighted by atomic mass is 16.7. The Bertz CT molecular complexity index is 1510. The third-order valence-corrected chi connectivity index (χ3v) is 10.0. The van der Waals surface area contributed by atoms with Gasteiger partial charge in [0.1, 0.15) is 17.6 Å². The highest BCUT2D eigenvalue weighted by Crippen LogP contribution is 2.48. The molecule has 3 saturated heterocycles. The number of benzene rings is 2. The van der Waals surface area contributed by atoms with E-state index in [0.29, 0.717) is 54.9 Å². The average Bonchev–Trinajstić information content (AvgIpc) is 3.38. The molecule has 7 rings (SSSR count). The largest absolute Gasteiger partial charge is 0.496 e. The zero-order valence-corrected chi connectivity index (χ0v) is 25.1. The molecule has 43 heavy (non-hydrogen) atoms. The summed E-state index contributed by atoms with van der Waals surface area (Å²) in [7, 11) is 3.10. The Labute approximate surface area is 250 Å². The van der Waals surface area contributed by atoms with E-state index in [2.05, 4.69) is 4.90 Å². The van der Waals surface area contributed by atoms with Crippen LogP contribution < -0.4 is 4.74 Å². The number of morpholine rings is 1. The molecule has 3 fully saturated rings. The first-order valence-corrected chi connectivity index (χ1v) is 14.9. The zero-order chi connectivity index (χ0) is 30.2. The van der Waals surface area contributed by atoms with Crippen LogP contribution >= 0.6 is 0 Å². The second-order valence-electron chi connectivity index (χ2n) is 12.5. The van der Waals surface area contributed by atoms with E-state index in [4.69, 9.17) is 28.4 Å². The van der Waals surface area contributed by atoms with Gasteiger partial charge in [-0.25, -0.2) is 0 Å². The Balaban J connectivity index is 1.23. The van der Waals surface area contributed by atoms with Gasteiger partial charge in [0.25, 0.3) is 0 Å². The number of hydrogen-bond acceptors (Lipinski definition) is 10. The predicted octanol–water partition coefficient (Wildman–Crippen LogP) is 3.60. The number of ketones is 3. The molecule has 10 nitrogen and oxygen atoms in total. The van der Waals surface area contributed by atoms with Crippen molar-refractivity contribution in [3.8, 4) is 5.75 Å². The minimum Gasteiger partial charge on any atom is -0.496 e. The van der Waals surface area contributed by atoms with E-state index >= 15 is 0 Å². The normalized spacial score (nSPS) is 35.0. The number of Topliss-reactive ketones (excluding diaryl/α,β-unsaturated/α-hetero) is 1. The van der Waals surface area contributed by atoms with Crippen molar-refractivity contribution in [2.24, 2.45) is 5.41 Å². The molecule has 2 aromatic carbocycles. The van der Waals surface area contributed by atoms with Crippen LogP contribution in [0.5, 0.6) is 5.75 Å². The van der Waals surface area contributed by atoms with E-state index in [1.54, 1.807) is 44.4 Å². The van der Waals surface area contributed by atoms with Crippen molar-refractivity contribution in [2.45, 2.75) is 83.2 Å². The van der Waals surface area contributed by atoms with Gasteiger partial charge in [0.15, 0.2) is 30.4 Å². The fraction of sp³-hybridized carbons (Fsp3) is 0.545. The lowest BCUT2D eigenvalue weighted by molar-refractivity contribution is -0.255. The number of ether oxygens (including phenoxy) is 6. The lowest BCUT2D eigenvalue weighted by atomic mass is 9.68. The second-order valence-corrected chi connectivity index (χ2v) is 12.5. The summed E-state index contributed by atoms with van der Waals surface area (Å²) in [5.41, 5.74) is 2.21. The summed E-state index contributed by atoms with van der Waals surface area (Å²) in [6, 6.07) is 8.68. The minimum atomic E-state index is -0.699. The van der Waals surface area contributed by atoms with E-state index < -0.39 is 24.1 Å². The van der Waals surface area contributed by atoms with E-state index in [1.807, 2.05) is 13.8 Å². The molecule has 2 aromatic rings. The highest BCUT2D eigenvalue weighted by molar-refractivity contribution is 6.29. The molecule has 0 bridgehead atoms. The first-order chi connectivity index (χ1) is 20.6. The molecule has 228 valence electrons. The van der Waals surface area contributed by atoms with Gasteiger partial charge >= 0.3 is 0 Å². The Kier molecular flexibility index (Phi) is 7.07. The molecule has 3 heterocycles. The standard InChI is InChI=1S/C33H37NO9/c1-16-30-23(34-9-10-40-32(39-5)31(34)43-30)13-26(41-16)42-25-15-33(3,17(2)35)14-18-11-21-22(12-20(18)25)29(37)27-19(28(21)36)7-6-8-24(27)38-4/h6-8,11-12,16,23,25-26,30-32H,9-10,13-15H2,1-5H3/t16-,23-,25-,26-,30+,31+,32-,33+/m0/s1. The molecule has 2 aliphatic carbocycles. The SMILES string of the molecule is COc1cccc2c1C(=O)c1cc3c(cc1C2=O)C[C@@](C)(C(C)=O)C[C@@H]3O[C@H]1C[C@H]2[C@H](O[C@@H]3[C@@H](OC)OCCN32)[C@H](C)O1. The van der Waals surface area contributed by atoms with Crippen molar-refractivity contribution in [1.82, 2.24) is 4.90 Å². The molecule has 0 aromatic heterocycles. The Morgan fingerprint density at radius 3 is 2.60 bits per heavy atom. The van der Waals surface area contributed by atoms with Crippen molar-refractivity contribution >= 4 is 17.3 Å². The van der Waals surface area contributed by atoms with Gasteiger partial charge < -0.3 is 28.4 Å². The molecule has 0 unspecified atom stereocenters. The number of carbonyl (C=O) groups excluding carboxylic acids is 3. The van der Waals surface area contributed by atoms with Gasteiger partial charge in [0.05, 0.1) is 31.5 Å². The summed E-state index contributed by atoms with van der Waals surface area (Å²) in [4.78, 5) is 42.7. The van der Waals surface area contributed by atoms with Gasteiger partial charge in [-0.2, -0.15) is 0 Å². The molecular formula is C33H37NO9. The van der Waals surface area contributed by atoms with Gasteiger partial charge in [-0.15, -0.1) is 0 Å². The van der Waals surface area contributed by atoms with Crippen LogP contribution in [-0.4, -0.2) is 86.7 Å². The molecule has 10 heteroatoms. The number of rotatable bonds is 5. The van der Waals surface area contributed by atoms with Crippen LogP contribution in [0.4, 0.5) is 0 Å². The topological polar surface area (TPSA) is 110 Å². The summed E-state index contributed by atoms with van der Waals surface area (Å²) in [6.45, 7) is 6.78. The predicted molar refractivity (Wildman–Crippen MR) is 152 cm³/mol. The fourth-order valence-corrected chi connectivity index (χ4v) is 7.59. The van der Waals surface area contributed by atoms with Crippen molar-refractivity contribution < 1.29 is 42.8 Å². The summed E-state index contributed by atoms with van der Waals surface area (Å²) in [6.07, 6.45) is -0.828. The molecule has 8 atom stereocenters. The first-order valence-electron chi connectivity index (χ1n) is 14.9. The maximum absolute atomic E-state index is 13.8. The van der Waals surface area contributed by atoms with Gasteiger partial charge in [-0.1, -0.05) is 19.1 Å². The molecule has 0 N–H and O–H groups in total. The van der Waals surface area contributed by atoms with Crippen molar-refractivity contribution in [3.05, 3.63) is 63.7 Å². The van der Waals surface area contributed by atoms with Crippen LogP contribution in [0.1, 0.15) is 82.7 Å². The number of carbonyl (C=O) groups is 3. The van der Waals surface area contributed by atoms with Crippen LogP contribution in [-0.2, 0) is 34.9 Å². The van der Waals surface area contributed by atoms with Gasteiger partial charge in [-0.3, -0.25) is 19.3 Å². The van der Waals surface area contributed by atoms with E-state index in [-0.39, 0.29) is 47.4 Å². The number of fused-ring (bicyclic) bond motifs is 6. The fourth-order valence-electron chi connectivity index (χ4n) is 7.59. The van der Waals surface area contributed by atoms with E-state index in [9.17, 15) is 14.4 Å². The maximum atomic E-state index is 13.8. The zero-order valence-electron chi connectivity index (χ0n) is 25.1. The van der Waals surface area contributed by atoms with Crippen LogP contribution in [0, 0.1) is 5.41 Å². The number of hydrogen-bond donors (Lipinski definition) is 0. The van der Waals surface area contributed by atoms with Gasteiger partial charge in [0, 0.05) is 48.2 Å². The quantitative estimate of drug-likeness (QED) is 0.437. The lowest BCUT2D eigenvalue weighted by Gasteiger charge is -2.43. The van der Waals surface area contributed by atoms with Crippen LogP contribution in [0.3, 0.4) is 0 Å². The summed E-state index contributed by atoms with van der Waals surface area (Å²) >= 11 is 0. The van der Waals surface area contributed by atoms with Crippen molar-refractivity contribution in [2.75, 3.05) is 27.4 Å². The number of nitrogens with zero attached hydrogens (tertiary/aromatic N) is 1. The molecule has 0 radical (unpaired) electrons. The van der Waals surface area contributed by atoms with Gasteiger partial charge in [0.2, 0.25) is 0 Å².